The Hall–Kier alpha value is -3.41. The zero-order valence-corrected chi connectivity index (χ0v) is 20.1. The van der Waals surface area contributed by atoms with E-state index < -0.39 is 0 Å². The first-order chi connectivity index (χ1) is 16.0. The van der Waals surface area contributed by atoms with Crippen LogP contribution in [0.5, 0.6) is 11.5 Å². The summed E-state index contributed by atoms with van der Waals surface area (Å²) in [5, 5.41) is 5.08. The van der Waals surface area contributed by atoms with Gasteiger partial charge in [0.25, 0.3) is 0 Å². The highest BCUT2D eigenvalue weighted by Gasteiger charge is 2.18. The van der Waals surface area contributed by atoms with Crippen molar-refractivity contribution in [2.75, 3.05) is 5.32 Å². The second kappa shape index (κ2) is 8.85. The molecule has 4 nitrogen and oxygen atoms in total. The maximum absolute atomic E-state index is 6.34. The molecule has 5 rings (SSSR count). The molecule has 3 aromatic carbocycles. The summed E-state index contributed by atoms with van der Waals surface area (Å²) < 4.78 is 6.14. The van der Waals surface area contributed by atoms with Crippen LogP contribution in [0, 0.1) is 20.8 Å². The van der Waals surface area contributed by atoms with E-state index in [-0.39, 0.29) is 0 Å². The minimum Gasteiger partial charge on any atom is -0.455 e. The van der Waals surface area contributed by atoms with Crippen molar-refractivity contribution in [3.05, 3.63) is 94.1 Å². The molecule has 0 aliphatic carbocycles. The highest BCUT2D eigenvalue weighted by atomic mass is 35.5. The van der Waals surface area contributed by atoms with Crippen LogP contribution < -0.4 is 10.1 Å². The number of ether oxygens (including phenoxy) is 1. The smallest absolute Gasteiger partial charge is 0.151 e. The molecule has 6 heteroatoms. The molecule has 0 fully saturated rings. The largest absolute Gasteiger partial charge is 0.455 e. The third kappa shape index (κ3) is 4.30. The number of halogens is 1. The Kier molecular flexibility index (Phi) is 5.75. The van der Waals surface area contributed by atoms with Gasteiger partial charge in [-0.15, -0.1) is 11.3 Å². The van der Waals surface area contributed by atoms with Crippen molar-refractivity contribution >= 4 is 44.7 Å². The van der Waals surface area contributed by atoms with Gasteiger partial charge in [-0.1, -0.05) is 48.0 Å². The third-order valence-electron chi connectivity index (χ3n) is 5.63. The van der Waals surface area contributed by atoms with E-state index >= 15 is 0 Å². The van der Waals surface area contributed by atoms with Crippen molar-refractivity contribution in [3.63, 3.8) is 0 Å². The van der Waals surface area contributed by atoms with E-state index in [2.05, 4.69) is 54.3 Å². The summed E-state index contributed by atoms with van der Waals surface area (Å²) >= 11 is 8.01. The molecule has 2 aromatic heterocycles. The Labute approximate surface area is 201 Å². The van der Waals surface area contributed by atoms with Gasteiger partial charge < -0.3 is 10.1 Å². The van der Waals surface area contributed by atoms with Crippen molar-refractivity contribution in [2.45, 2.75) is 20.8 Å². The predicted molar refractivity (Wildman–Crippen MR) is 138 cm³/mol. The second-order valence-corrected chi connectivity index (χ2v) is 9.55. The molecule has 0 unspecified atom stereocenters. The Morgan fingerprint density at radius 1 is 0.879 bits per heavy atom. The van der Waals surface area contributed by atoms with Crippen LogP contribution in [0.2, 0.25) is 5.02 Å². The molecule has 0 saturated carbocycles. The van der Waals surface area contributed by atoms with Crippen LogP contribution in [0.3, 0.4) is 0 Å². The second-order valence-electron chi connectivity index (χ2n) is 7.92. The van der Waals surface area contributed by atoms with Crippen LogP contribution >= 0.6 is 22.9 Å². The van der Waals surface area contributed by atoms with Crippen LogP contribution in [-0.2, 0) is 0 Å². The van der Waals surface area contributed by atoms with Crippen molar-refractivity contribution in [2.24, 2.45) is 0 Å². The molecule has 33 heavy (non-hydrogen) atoms. The molecule has 1 N–H and O–H groups in total. The average molecular weight is 472 g/mol. The van der Waals surface area contributed by atoms with E-state index in [9.17, 15) is 0 Å². The molecule has 0 spiro atoms. The average Bonchev–Trinajstić information content (AvgIpc) is 3.15. The minimum absolute atomic E-state index is 0.610. The number of anilines is 2. The van der Waals surface area contributed by atoms with E-state index in [0.717, 1.165) is 38.6 Å². The summed E-state index contributed by atoms with van der Waals surface area (Å²) in [7, 11) is 0. The molecule has 0 bridgehead atoms. The van der Waals surface area contributed by atoms with Crippen molar-refractivity contribution < 1.29 is 4.74 Å². The van der Waals surface area contributed by atoms with Gasteiger partial charge in [-0.05, 0) is 67.8 Å². The van der Waals surface area contributed by atoms with Crippen LogP contribution in [0.4, 0.5) is 11.5 Å². The Morgan fingerprint density at radius 2 is 1.70 bits per heavy atom. The molecule has 0 saturated heterocycles. The molecule has 0 aliphatic heterocycles. The van der Waals surface area contributed by atoms with E-state index in [1.807, 2.05) is 48.5 Å². The number of para-hydroxylation sites is 1. The van der Waals surface area contributed by atoms with Gasteiger partial charge in [0.2, 0.25) is 0 Å². The highest BCUT2D eigenvalue weighted by Crippen LogP contribution is 2.42. The number of benzene rings is 3. The summed E-state index contributed by atoms with van der Waals surface area (Å²) in [6.45, 7) is 6.39. The highest BCUT2D eigenvalue weighted by molar-refractivity contribution is 7.19. The van der Waals surface area contributed by atoms with Crippen LogP contribution in [0.25, 0.3) is 21.3 Å². The van der Waals surface area contributed by atoms with Crippen molar-refractivity contribution in [1.29, 1.82) is 0 Å². The summed E-state index contributed by atoms with van der Waals surface area (Å²) in [4.78, 5) is 11.3. The fraction of sp³-hybridized carbons (Fsp3) is 0.111. The predicted octanol–water partition coefficient (Wildman–Crippen LogP) is 8.47. The zero-order chi connectivity index (χ0) is 22.9. The van der Waals surface area contributed by atoms with Gasteiger partial charge in [0.05, 0.1) is 11.1 Å². The van der Waals surface area contributed by atoms with Gasteiger partial charge in [0, 0.05) is 15.5 Å². The Balaban J connectivity index is 1.62. The standard InChI is InChI=1S/C27H22ClN3OS/c1-16-9-10-19(13-17(16)2)24-18(3)33-27-25(24)26(29-15-30-27)31-22-14-20(28)11-12-23(22)32-21-7-5-4-6-8-21/h4-15H,1-3H3,(H,29,30,31). The van der Waals surface area contributed by atoms with Crippen LogP contribution in [0.1, 0.15) is 16.0 Å². The monoisotopic (exact) mass is 471 g/mol. The molecular formula is C27H22ClN3OS. The van der Waals surface area contributed by atoms with Gasteiger partial charge in [0.1, 0.15) is 22.7 Å². The molecule has 5 aromatic rings. The summed E-state index contributed by atoms with van der Waals surface area (Å²) in [5.41, 5.74) is 5.57. The number of rotatable bonds is 5. The first-order valence-electron chi connectivity index (χ1n) is 10.6. The fourth-order valence-electron chi connectivity index (χ4n) is 3.82. The number of hydrogen-bond acceptors (Lipinski definition) is 5. The lowest BCUT2D eigenvalue weighted by molar-refractivity contribution is 0.485. The number of nitrogens with one attached hydrogen (secondary N) is 1. The number of aromatic nitrogens is 2. The zero-order valence-electron chi connectivity index (χ0n) is 18.5. The van der Waals surface area contributed by atoms with Crippen molar-refractivity contribution in [3.8, 4) is 22.6 Å². The fourth-order valence-corrected chi connectivity index (χ4v) is 5.00. The van der Waals surface area contributed by atoms with Gasteiger partial charge >= 0.3 is 0 Å². The molecule has 0 atom stereocenters. The number of hydrogen-bond donors (Lipinski definition) is 1. The summed E-state index contributed by atoms with van der Waals surface area (Å²) in [6.07, 6.45) is 1.59. The SMILES string of the molecule is Cc1ccc(-c2c(C)sc3ncnc(Nc4cc(Cl)ccc4Oc4ccccc4)c23)cc1C. The lowest BCUT2D eigenvalue weighted by Gasteiger charge is -2.14. The maximum atomic E-state index is 6.34. The van der Waals surface area contributed by atoms with E-state index in [4.69, 9.17) is 16.3 Å². The third-order valence-corrected chi connectivity index (χ3v) is 6.87. The summed E-state index contributed by atoms with van der Waals surface area (Å²) in [6, 6.07) is 21.7. The lowest BCUT2D eigenvalue weighted by atomic mass is 9.99. The molecular weight excluding hydrogens is 450 g/mol. The lowest BCUT2D eigenvalue weighted by Crippen LogP contribution is -1.98. The Bertz CT molecular complexity index is 1460. The minimum atomic E-state index is 0.610. The first kappa shape index (κ1) is 21.4. The van der Waals surface area contributed by atoms with E-state index in [0.29, 0.717) is 10.8 Å². The quantitative estimate of drug-likeness (QED) is 0.279. The van der Waals surface area contributed by atoms with Gasteiger partial charge in [0.15, 0.2) is 5.75 Å². The van der Waals surface area contributed by atoms with Gasteiger partial charge in [-0.3, -0.25) is 0 Å². The van der Waals surface area contributed by atoms with E-state index in [1.165, 1.54) is 16.0 Å². The topological polar surface area (TPSA) is 47.0 Å². The molecule has 0 amide bonds. The first-order valence-corrected chi connectivity index (χ1v) is 11.8. The number of thiophene rings is 1. The van der Waals surface area contributed by atoms with E-state index in [1.54, 1.807) is 17.7 Å². The molecule has 2 heterocycles. The number of fused-ring (bicyclic) bond motifs is 1. The van der Waals surface area contributed by atoms with Gasteiger partial charge in [-0.2, -0.15) is 0 Å². The molecule has 164 valence electrons. The number of nitrogens with zero attached hydrogens (tertiary/aromatic N) is 2. The normalized spacial score (nSPS) is 11.0. The van der Waals surface area contributed by atoms with Crippen molar-refractivity contribution in [1.82, 2.24) is 9.97 Å². The van der Waals surface area contributed by atoms with Crippen LogP contribution in [0.15, 0.2) is 73.1 Å². The maximum Gasteiger partial charge on any atom is 0.151 e. The molecule has 0 radical (unpaired) electrons. The van der Waals surface area contributed by atoms with Gasteiger partial charge in [-0.25, -0.2) is 9.97 Å². The molecule has 0 aliphatic rings. The van der Waals surface area contributed by atoms with Crippen LogP contribution in [-0.4, -0.2) is 9.97 Å². The Morgan fingerprint density at radius 3 is 2.48 bits per heavy atom. The number of aryl methyl sites for hydroxylation is 3. The summed E-state index contributed by atoms with van der Waals surface area (Å²) in [5.74, 6) is 2.13.